The molecular weight excluding hydrogens is 380 g/mol. The molecule has 2 aromatic carbocycles. The molecule has 4 nitrogen and oxygen atoms in total. The highest BCUT2D eigenvalue weighted by atomic mass is 79.9. The quantitative estimate of drug-likeness (QED) is 0.777. The lowest BCUT2D eigenvalue weighted by Gasteiger charge is -2.06. The summed E-state index contributed by atoms with van der Waals surface area (Å²) in [6, 6.07) is 13.9. The van der Waals surface area contributed by atoms with Gasteiger partial charge in [0.1, 0.15) is 0 Å². The fourth-order valence-corrected chi connectivity index (χ4v) is 3.87. The lowest BCUT2D eigenvalue weighted by Crippen LogP contribution is -2.08. The summed E-state index contributed by atoms with van der Waals surface area (Å²) < 4.78 is 25.3. The van der Waals surface area contributed by atoms with Crippen molar-refractivity contribution >= 4 is 31.7 Å². The average molecular weight is 397 g/mol. The fraction of sp³-hybridized carbons (Fsp3) is 0.235. The van der Waals surface area contributed by atoms with Crippen molar-refractivity contribution in [3.05, 3.63) is 64.1 Å². The summed E-state index contributed by atoms with van der Waals surface area (Å²) in [5.41, 5.74) is 1.68. The lowest BCUT2D eigenvalue weighted by molar-refractivity contribution is -0.136. The molecule has 0 aromatic heterocycles. The molecule has 0 fully saturated rings. The van der Waals surface area contributed by atoms with Gasteiger partial charge in [0.2, 0.25) is 0 Å². The molecule has 0 atom stereocenters. The van der Waals surface area contributed by atoms with E-state index in [1.807, 2.05) is 12.1 Å². The van der Waals surface area contributed by atoms with E-state index < -0.39 is 15.8 Å². The van der Waals surface area contributed by atoms with E-state index in [9.17, 15) is 13.2 Å². The predicted molar refractivity (Wildman–Crippen MR) is 92.3 cm³/mol. The summed E-state index contributed by atoms with van der Waals surface area (Å²) in [5, 5.41) is 8.80. The highest BCUT2D eigenvalue weighted by molar-refractivity contribution is 9.10. The summed E-state index contributed by atoms with van der Waals surface area (Å²) in [6.45, 7) is 0. The summed E-state index contributed by atoms with van der Waals surface area (Å²) >= 11 is 3.28. The van der Waals surface area contributed by atoms with Crippen LogP contribution in [0.2, 0.25) is 0 Å². The standard InChI is InChI=1S/C17H17BrO4S/c18-15-6-8-16(9-7-15)23(21,22)10-2-5-13-3-1-4-14(11-13)12-17(19)20/h1,3-4,6-9,11H,2,5,10,12H2,(H,19,20). The lowest BCUT2D eigenvalue weighted by atomic mass is 10.1. The van der Waals surface area contributed by atoms with Gasteiger partial charge in [0.05, 0.1) is 17.1 Å². The van der Waals surface area contributed by atoms with Crippen LogP contribution in [0.1, 0.15) is 17.5 Å². The SMILES string of the molecule is O=C(O)Cc1cccc(CCCS(=O)(=O)c2ccc(Br)cc2)c1. The molecule has 0 bridgehead atoms. The van der Waals surface area contributed by atoms with Crippen molar-refractivity contribution in [2.45, 2.75) is 24.2 Å². The van der Waals surface area contributed by atoms with Crippen LogP contribution in [0.5, 0.6) is 0 Å². The van der Waals surface area contributed by atoms with Crippen molar-refractivity contribution in [2.24, 2.45) is 0 Å². The molecule has 0 spiro atoms. The van der Waals surface area contributed by atoms with Gasteiger partial charge in [-0.15, -0.1) is 0 Å². The number of sulfone groups is 1. The number of carboxylic acids is 1. The minimum Gasteiger partial charge on any atom is -0.481 e. The van der Waals surface area contributed by atoms with E-state index in [-0.39, 0.29) is 12.2 Å². The van der Waals surface area contributed by atoms with Gasteiger partial charge in [-0.1, -0.05) is 40.2 Å². The molecule has 0 aliphatic rings. The maximum Gasteiger partial charge on any atom is 0.307 e. The van der Waals surface area contributed by atoms with Crippen molar-refractivity contribution in [2.75, 3.05) is 5.75 Å². The van der Waals surface area contributed by atoms with Crippen LogP contribution in [0.3, 0.4) is 0 Å². The van der Waals surface area contributed by atoms with Crippen LogP contribution in [-0.2, 0) is 27.5 Å². The number of halogens is 1. The van der Waals surface area contributed by atoms with Crippen LogP contribution in [-0.4, -0.2) is 25.2 Å². The van der Waals surface area contributed by atoms with E-state index in [0.717, 1.165) is 15.6 Å². The first-order chi connectivity index (χ1) is 10.9. The van der Waals surface area contributed by atoms with Crippen LogP contribution in [0.15, 0.2) is 57.9 Å². The van der Waals surface area contributed by atoms with Crippen LogP contribution in [0.25, 0.3) is 0 Å². The van der Waals surface area contributed by atoms with E-state index in [1.165, 1.54) is 0 Å². The van der Waals surface area contributed by atoms with Crippen LogP contribution in [0.4, 0.5) is 0 Å². The van der Waals surface area contributed by atoms with Crippen molar-refractivity contribution in [1.29, 1.82) is 0 Å². The zero-order valence-electron chi connectivity index (χ0n) is 12.4. The molecule has 0 aliphatic carbocycles. The third-order valence-electron chi connectivity index (χ3n) is 3.40. The Kier molecular flexibility index (Phi) is 5.96. The topological polar surface area (TPSA) is 71.4 Å². The smallest absolute Gasteiger partial charge is 0.307 e. The van der Waals surface area contributed by atoms with Gasteiger partial charge in [-0.25, -0.2) is 8.42 Å². The molecule has 0 saturated heterocycles. The molecule has 23 heavy (non-hydrogen) atoms. The average Bonchev–Trinajstić information content (AvgIpc) is 2.47. The van der Waals surface area contributed by atoms with Gasteiger partial charge in [0, 0.05) is 4.47 Å². The Morgan fingerprint density at radius 3 is 2.35 bits per heavy atom. The van der Waals surface area contributed by atoms with Gasteiger partial charge in [0.25, 0.3) is 0 Å². The third-order valence-corrected chi connectivity index (χ3v) is 5.74. The number of benzene rings is 2. The molecule has 1 N–H and O–H groups in total. The third kappa shape index (κ3) is 5.48. The number of aryl methyl sites for hydroxylation is 1. The van der Waals surface area contributed by atoms with Crippen LogP contribution < -0.4 is 0 Å². The van der Waals surface area contributed by atoms with Crippen molar-refractivity contribution < 1.29 is 18.3 Å². The molecule has 0 heterocycles. The first-order valence-corrected chi connectivity index (χ1v) is 9.59. The Balaban J connectivity index is 1.96. The maximum atomic E-state index is 12.3. The van der Waals surface area contributed by atoms with E-state index in [0.29, 0.717) is 17.7 Å². The van der Waals surface area contributed by atoms with Gasteiger partial charge in [-0.2, -0.15) is 0 Å². The number of hydrogen-bond donors (Lipinski definition) is 1. The highest BCUT2D eigenvalue weighted by Gasteiger charge is 2.13. The predicted octanol–water partition coefficient (Wildman–Crippen LogP) is 3.48. The summed E-state index contributed by atoms with van der Waals surface area (Å²) in [4.78, 5) is 11.0. The van der Waals surface area contributed by atoms with Gasteiger partial charge in [-0.3, -0.25) is 4.79 Å². The molecule has 2 aromatic rings. The molecular formula is C17H17BrO4S. The molecule has 2 rings (SSSR count). The summed E-state index contributed by atoms with van der Waals surface area (Å²) in [6.07, 6.45) is 1.07. The van der Waals surface area contributed by atoms with E-state index in [2.05, 4.69) is 15.9 Å². The Bertz CT molecular complexity index is 782. The van der Waals surface area contributed by atoms with Gasteiger partial charge < -0.3 is 5.11 Å². The number of carboxylic acid groups (broad SMARTS) is 1. The minimum absolute atomic E-state index is 0.0228. The van der Waals surface area contributed by atoms with Crippen molar-refractivity contribution in [1.82, 2.24) is 0 Å². The number of rotatable bonds is 7. The minimum atomic E-state index is -3.29. The second-order valence-corrected chi connectivity index (χ2v) is 8.29. The van der Waals surface area contributed by atoms with E-state index in [4.69, 9.17) is 5.11 Å². The fourth-order valence-electron chi connectivity index (χ4n) is 2.30. The molecule has 0 aliphatic heterocycles. The van der Waals surface area contributed by atoms with Gasteiger partial charge >= 0.3 is 5.97 Å². The zero-order valence-corrected chi connectivity index (χ0v) is 14.8. The summed E-state index contributed by atoms with van der Waals surface area (Å²) in [7, 11) is -3.29. The van der Waals surface area contributed by atoms with Crippen LogP contribution in [0, 0.1) is 0 Å². The Morgan fingerprint density at radius 2 is 1.70 bits per heavy atom. The van der Waals surface area contributed by atoms with E-state index >= 15 is 0 Å². The number of carbonyl (C=O) groups is 1. The Labute approximate surface area is 144 Å². The summed E-state index contributed by atoms with van der Waals surface area (Å²) in [5.74, 6) is -0.808. The molecule has 0 amide bonds. The maximum absolute atomic E-state index is 12.3. The van der Waals surface area contributed by atoms with Crippen molar-refractivity contribution in [3.8, 4) is 0 Å². The van der Waals surface area contributed by atoms with Gasteiger partial charge in [0.15, 0.2) is 9.84 Å². The first-order valence-electron chi connectivity index (χ1n) is 7.15. The van der Waals surface area contributed by atoms with E-state index in [1.54, 1.807) is 36.4 Å². The van der Waals surface area contributed by atoms with Crippen LogP contribution >= 0.6 is 15.9 Å². The first kappa shape index (κ1) is 17.7. The Morgan fingerprint density at radius 1 is 1.04 bits per heavy atom. The normalized spacial score (nSPS) is 11.3. The zero-order chi connectivity index (χ0) is 16.9. The molecule has 0 unspecified atom stereocenters. The molecule has 6 heteroatoms. The number of hydrogen-bond acceptors (Lipinski definition) is 3. The highest BCUT2D eigenvalue weighted by Crippen LogP contribution is 2.17. The van der Waals surface area contributed by atoms with Gasteiger partial charge in [-0.05, 0) is 48.2 Å². The second kappa shape index (κ2) is 7.75. The van der Waals surface area contributed by atoms with Crippen molar-refractivity contribution in [3.63, 3.8) is 0 Å². The molecule has 122 valence electrons. The second-order valence-electron chi connectivity index (χ2n) is 5.27. The Hall–Kier alpha value is -1.66. The largest absolute Gasteiger partial charge is 0.481 e. The molecule has 0 radical (unpaired) electrons. The number of aliphatic carboxylic acids is 1. The monoisotopic (exact) mass is 396 g/mol. The molecule has 0 saturated carbocycles.